The average molecular weight is 529 g/mol. The van der Waals surface area contributed by atoms with Crippen molar-refractivity contribution in [1.82, 2.24) is 0 Å². The van der Waals surface area contributed by atoms with E-state index in [2.05, 4.69) is 54.2 Å². The van der Waals surface area contributed by atoms with Gasteiger partial charge in [0.05, 0.1) is 11.0 Å². The number of aryl methyl sites for hydroxylation is 1. The molecule has 3 aliphatic carbocycles. The van der Waals surface area contributed by atoms with Crippen LogP contribution in [0.5, 0.6) is 0 Å². The molecule has 39 heavy (non-hydrogen) atoms. The van der Waals surface area contributed by atoms with Gasteiger partial charge in [0.15, 0.2) is 17.3 Å². The average Bonchev–Trinajstić information content (AvgIpc) is 2.76. The van der Waals surface area contributed by atoms with Crippen LogP contribution in [0.25, 0.3) is 5.57 Å². The SMILES string of the molecule is C=C(C)c1cc(CCCC(C)(C)C)c(C)c2c1CC1(C)CC3(C)CC(C)=C(C(C)=O)C(=O)C3(C)C(C)=C1C2=O. The van der Waals surface area contributed by atoms with E-state index in [-0.39, 0.29) is 33.6 Å². The fourth-order valence-corrected chi connectivity index (χ4v) is 8.49. The highest BCUT2D eigenvalue weighted by atomic mass is 16.2. The van der Waals surface area contributed by atoms with Gasteiger partial charge in [0.2, 0.25) is 0 Å². The van der Waals surface area contributed by atoms with Gasteiger partial charge in [-0.25, -0.2) is 0 Å². The first-order valence-corrected chi connectivity index (χ1v) is 14.6. The largest absolute Gasteiger partial charge is 0.294 e. The molecule has 0 aliphatic heterocycles. The molecule has 0 spiro atoms. The quantitative estimate of drug-likeness (QED) is 0.359. The van der Waals surface area contributed by atoms with Crippen molar-refractivity contribution in [1.29, 1.82) is 0 Å². The molecule has 3 nitrogen and oxygen atoms in total. The Hall–Kier alpha value is -2.55. The number of hydrogen-bond donors (Lipinski definition) is 0. The van der Waals surface area contributed by atoms with Crippen LogP contribution in [0.3, 0.4) is 0 Å². The minimum Gasteiger partial charge on any atom is -0.294 e. The predicted octanol–water partition coefficient (Wildman–Crippen LogP) is 8.75. The van der Waals surface area contributed by atoms with Gasteiger partial charge in [-0.2, -0.15) is 0 Å². The number of fused-ring (bicyclic) bond motifs is 3. The highest BCUT2D eigenvalue weighted by molar-refractivity contribution is 6.24. The summed E-state index contributed by atoms with van der Waals surface area (Å²) in [6.45, 7) is 27.1. The van der Waals surface area contributed by atoms with Crippen LogP contribution in [0, 0.1) is 28.6 Å². The fraction of sp³-hybridized carbons (Fsp3) is 0.583. The van der Waals surface area contributed by atoms with E-state index in [0.29, 0.717) is 12.0 Å². The number of benzene rings is 1. The summed E-state index contributed by atoms with van der Waals surface area (Å²) in [7, 11) is 0. The summed E-state index contributed by atoms with van der Waals surface area (Å²) in [4.78, 5) is 41.4. The standard InChI is InChI=1S/C36H48O3/c1-20(2)26-16-25(14-13-15-33(7,8)9)22(4)29-27(26)18-34(10)19-35(11)17-21(3)28(24(6)37)32(39)36(35,12)23(5)30(34)31(29)38/h16H,1,13-15,17-19H2,2-12H3. The van der Waals surface area contributed by atoms with Crippen molar-refractivity contribution >= 4 is 22.9 Å². The van der Waals surface area contributed by atoms with Gasteiger partial charge in [-0.05, 0) is 113 Å². The molecule has 0 amide bonds. The Morgan fingerprint density at radius 2 is 1.64 bits per heavy atom. The van der Waals surface area contributed by atoms with E-state index in [1.807, 2.05) is 27.7 Å². The molecule has 3 atom stereocenters. The molecule has 1 aromatic rings. The number of ketones is 3. The van der Waals surface area contributed by atoms with Crippen LogP contribution in [0.2, 0.25) is 0 Å². The summed E-state index contributed by atoms with van der Waals surface area (Å²) in [5.74, 6) is -0.211. The lowest BCUT2D eigenvalue weighted by atomic mass is 9.42. The maximum atomic E-state index is 14.7. The summed E-state index contributed by atoms with van der Waals surface area (Å²) in [6.07, 6.45) is 5.28. The molecular formula is C36H48O3. The normalized spacial score (nSPS) is 28.8. The molecule has 3 unspecified atom stereocenters. The number of carbonyl (C=O) groups excluding carboxylic acids is 3. The molecular weight excluding hydrogens is 480 g/mol. The van der Waals surface area contributed by atoms with Crippen LogP contribution < -0.4 is 0 Å². The van der Waals surface area contributed by atoms with Gasteiger partial charge >= 0.3 is 0 Å². The molecule has 0 bridgehead atoms. The zero-order chi connectivity index (χ0) is 29.5. The topological polar surface area (TPSA) is 51.2 Å². The minimum absolute atomic E-state index is 0.0700. The molecule has 4 rings (SSSR count). The van der Waals surface area contributed by atoms with Crippen molar-refractivity contribution in [3.63, 3.8) is 0 Å². The molecule has 0 saturated heterocycles. The molecule has 0 heterocycles. The minimum atomic E-state index is -0.884. The Labute approximate surface area is 236 Å². The Bertz CT molecular complexity index is 1390. The summed E-state index contributed by atoms with van der Waals surface area (Å²) in [6, 6.07) is 2.29. The number of carbonyl (C=O) groups is 3. The van der Waals surface area contributed by atoms with Crippen LogP contribution >= 0.6 is 0 Å². The van der Waals surface area contributed by atoms with Crippen molar-refractivity contribution in [3.8, 4) is 0 Å². The molecule has 210 valence electrons. The van der Waals surface area contributed by atoms with Gasteiger partial charge in [-0.1, -0.05) is 64.0 Å². The molecule has 3 heteroatoms. The first kappa shape index (κ1) is 29.4. The van der Waals surface area contributed by atoms with Crippen molar-refractivity contribution in [2.75, 3.05) is 0 Å². The van der Waals surface area contributed by atoms with E-state index in [4.69, 9.17) is 0 Å². The zero-order valence-corrected chi connectivity index (χ0v) is 26.3. The van der Waals surface area contributed by atoms with Crippen LogP contribution in [-0.4, -0.2) is 17.3 Å². The van der Waals surface area contributed by atoms with Crippen LogP contribution in [0.15, 0.2) is 34.9 Å². The van der Waals surface area contributed by atoms with Gasteiger partial charge in [-0.3, -0.25) is 14.4 Å². The summed E-state index contributed by atoms with van der Waals surface area (Å²) >= 11 is 0. The lowest BCUT2D eigenvalue weighted by Gasteiger charge is -2.59. The van der Waals surface area contributed by atoms with Crippen molar-refractivity contribution in [2.45, 2.75) is 115 Å². The van der Waals surface area contributed by atoms with Gasteiger partial charge < -0.3 is 0 Å². The maximum Gasteiger partial charge on any atom is 0.190 e. The molecule has 0 fully saturated rings. The number of hydrogen-bond acceptors (Lipinski definition) is 3. The Kier molecular flexibility index (Phi) is 6.98. The Morgan fingerprint density at radius 3 is 2.18 bits per heavy atom. The smallest absolute Gasteiger partial charge is 0.190 e. The number of allylic oxidation sites excluding steroid dienone is 5. The maximum absolute atomic E-state index is 14.7. The zero-order valence-electron chi connectivity index (χ0n) is 26.3. The molecule has 0 radical (unpaired) electrons. The summed E-state index contributed by atoms with van der Waals surface area (Å²) in [5.41, 5.74) is 7.84. The van der Waals surface area contributed by atoms with E-state index in [0.717, 1.165) is 76.7 Å². The van der Waals surface area contributed by atoms with Gasteiger partial charge in [0.1, 0.15) is 0 Å². The van der Waals surface area contributed by atoms with Crippen molar-refractivity contribution in [3.05, 3.63) is 62.8 Å². The first-order chi connectivity index (χ1) is 17.8. The second kappa shape index (κ2) is 9.25. The second-order valence-corrected chi connectivity index (χ2v) is 14.9. The Morgan fingerprint density at radius 1 is 1.03 bits per heavy atom. The third-order valence-corrected chi connectivity index (χ3v) is 10.5. The van der Waals surface area contributed by atoms with E-state index in [1.54, 1.807) is 0 Å². The molecule has 0 saturated carbocycles. The fourth-order valence-electron chi connectivity index (χ4n) is 8.49. The van der Waals surface area contributed by atoms with Crippen LogP contribution in [0.1, 0.15) is 128 Å². The van der Waals surface area contributed by atoms with Crippen LogP contribution in [-0.2, 0) is 22.4 Å². The first-order valence-electron chi connectivity index (χ1n) is 14.6. The summed E-state index contributed by atoms with van der Waals surface area (Å²) in [5, 5.41) is 0. The van der Waals surface area contributed by atoms with Crippen molar-refractivity contribution < 1.29 is 14.4 Å². The van der Waals surface area contributed by atoms with E-state index < -0.39 is 5.41 Å². The Balaban J connectivity index is 1.94. The van der Waals surface area contributed by atoms with E-state index in [9.17, 15) is 14.4 Å². The highest BCUT2D eigenvalue weighted by Gasteiger charge is 2.63. The van der Waals surface area contributed by atoms with E-state index in [1.165, 1.54) is 12.5 Å². The number of rotatable bonds is 5. The third kappa shape index (κ3) is 4.35. The lowest BCUT2D eigenvalue weighted by molar-refractivity contribution is -0.134. The second-order valence-electron chi connectivity index (χ2n) is 14.9. The van der Waals surface area contributed by atoms with Crippen LogP contribution in [0.4, 0.5) is 0 Å². The monoisotopic (exact) mass is 528 g/mol. The lowest BCUT2D eigenvalue weighted by Crippen LogP contribution is -2.57. The molecule has 3 aliphatic rings. The molecule has 0 aromatic heterocycles. The van der Waals surface area contributed by atoms with Gasteiger partial charge in [0, 0.05) is 16.6 Å². The van der Waals surface area contributed by atoms with E-state index >= 15 is 0 Å². The third-order valence-electron chi connectivity index (χ3n) is 10.5. The van der Waals surface area contributed by atoms with Crippen molar-refractivity contribution in [2.24, 2.45) is 21.7 Å². The molecule has 0 N–H and O–H groups in total. The predicted molar refractivity (Wildman–Crippen MR) is 161 cm³/mol. The number of Topliss-reactive ketones (excluding diaryl/α,β-unsaturated/α-hetero) is 3. The highest BCUT2D eigenvalue weighted by Crippen LogP contribution is 2.66. The van der Waals surface area contributed by atoms with Gasteiger partial charge in [-0.15, -0.1) is 0 Å². The van der Waals surface area contributed by atoms with Gasteiger partial charge in [0.25, 0.3) is 0 Å². The molecule has 1 aromatic carbocycles. The summed E-state index contributed by atoms with van der Waals surface area (Å²) < 4.78 is 0.